The number of fused-ring (bicyclic) bond motifs is 1. The Kier molecular flexibility index (Phi) is 8.72. The van der Waals surface area contributed by atoms with Crippen molar-refractivity contribution >= 4 is 11.9 Å². The molecule has 0 saturated carbocycles. The average molecular weight is 482 g/mol. The van der Waals surface area contributed by atoms with Crippen LogP contribution in [-0.4, -0.2) is 68.4 Å². The zero-order valence-electron chi connectivity index (χ0n) is 20.1. The molecule has 9 heteroatoms. The fraction of sp³-hybridized carbons (Fsp3) is 0.385. The smallest absolute Gasteiger partial charge is 0.297 e. The van der Waals surface area contributed by atoms with Crippen molar-refractivity contribution < 1.29 is 23.7 Å². The molecule has 0 spiro atoms. The predicted octanol–water partition coefficient (Wildman–Crippen LogP) is 3.06. The van der Waals surface area contributed by atoms with Crippen LogP contribution < -0.4 is 15.0 Å². The molecule has 1 aliphatic heterocycles. The van der Waals surface area contributed by atoms with E-state index in [0.717, 1.165) is 16.9 Å². The van der Waals surface area contributed by atoms with E-state index in [-0.39, 0.29) is 5.56 Å². The molecule has 2 aromatic carbocycles. The van der Waals surface area contributed by atoms with Gasteiger partial charge in [0.15, 0.2) is 17.2 Å². The van der Waals surface area contributed by atoms with Crippen LogP contribution in [0.15, 0.2) is 58.3 Å². The van der Waals surface area contributed by atoms with Gasteiger partial charge in [-0.05, 0) is 42.8 Å². The molecule has 0 bridgehead atoms. The zero-order chi connectivity index (χ0) is 24.5. The Morgan fingerprint density at radius 2 is 1.40 bits per heavy atom. The fourth-order valence-corrected chi connectivity index (χ4v) is 3.64. The summed E-state index contributed by atoms with van der Waals surface area (Å²) in [7, 11) is 1.85. The first kappa shape index (κ1) is 24.7. The van der Waals surface area contributed by atoms with E-state index in [9.17, 15) is 4.79 Å². The summed E-state index contributed by atoms with van der Waals surface area (Å²) >= 11 is 0. The number of hydrogen-bond donors (Lipinski definition) is 0. The lowest BCUT2D eigenvalue weighted by Gasteiger charge is -2.13. The van der Waals surface area contributed by atoms with Gasteiger partial charge in [-0.15, -0.1) is 0 Å². The van der Waals surface area contributed by atoms with Crippen LogP contribution in [-0.2, 0) is 21.3 Å². The molecular formula is C26H31N3O6. The Labute approximate surface area is 204 Å². The third-order valence-electron chi connectivity index (χ3n) is 5.55. The molecule has 0 N–H and O–H groups in total. The summed E-state index contributed by atoms with van der Waals surface area (Å²) in [4.78, 5) is 17.6. The Morgan fingerprint density at radius 1 is 0.800 bits per heavy atom. The summed E-state index contributed by atoms with van der Waals surface area (Å²) in [5, 5.41) is 0. The Morgan fingerprint density at radius 3 is 2.06 bits per heavy atom. The molecule has 4 rings (SSSR count). The third-order valence-corrected chi connectivity index (χ3v) is 5.55. The van der Waals surface area contributed by atoms with Gasteiger partial charge in [-0.3, -0.25) is 9.48 Å². The first-order chi connectivity index (χ1) is 17.1. The maximum absolute atomic E-state index is 13.1. The number of rotatable bonds is 3. The zero-order valence-corrected chi connectivity index (χ0v) is 20.1. The highest BCUT2D eigenvalue weighted by Crippen LogP contribution is 2.28. The molecule has 0 fully saturated rings. The van der Waals surface area contributed by atoms with Crippen molar-refractivity contribution in [3.63, 3.8) is 0 Å². The quantitative estimate of drug-likeness (QED) is 0.535. The lowest BCUT2D eigenvalue weighted by molar-refractivity contribution is 0.00708. The minimum atomic E-state index is -0.178. The van der Waals surface area contributed by atoms with E-state index in [0.29, 0.717) is 70.0 Å². The van der Waals surface area contributed by atoms with Gasteiger partial charge in [-0.1, -0.05) is 18.2 Å². The molecule has 0 aliphatic carbocycles. The summed E-state index contributed by atoms with van der Waals surface area (Å²) in [6.45, 7) is 5.56. The standard InChI is InChI=1S/C26H31N3O6/c1-20-25(26(30)29(28(20)2)22-6-4-3-5-7-22)27-19-21-8-9-23-24(18-21)35-17-15-33-13-11-31-10-12-32-14-16-34-23/h3-9,18-19H,10-17H2,1-2H3. The van der Waals surface area contributed by atoms with Crippen molar-refractivity contribution in [1.29, 1.82) is 0 Å². The van der Waals surface area contributed by atoms with Gasteiger partial charge in [0.1, 0.15) is 13.2 Å². The van der Waals surface area contributed by atoms with Crippen molar-refractivity contribution in [3.05, 3.63) is 70.1 Å². The molecule has 0 unspecified atom stereocenters. The maximum Gasteiger partial charge on any atom is 0.297 e. The molecular weight excluding hydrogens is 450 g/mol. The van der Waals surface area contributed by atoms with Crippen LogP contribution in [0.5, 0.6) is 11.5 Å². The summed E-state index contributed by atoms with van der Waals surface area (Å²) in [6, 6.07) is 15.0. The number of ether oxygens (including phenoxy) is 5. The van der Waals surface area contributed by atoms with Gasteiger partial charge >= 0.3 is 0 Å². The molecule has 35 heavy (non-hydrogen) atoms. The molecule has 1 aromatic heterocycles. The second kappa shape index (κ2) is 12.3. The fourth-order valence-electron chi connectivity index (χ4n) is 3.64. The average Bonchev–Trinajstić information content (AvgIpc) is 3.08. The molecule has 2 heterocycles. The van der Waals surface area contributed by atoms with Crippen LogP contribution >= 0.6 is 0 Å². The molecule has 0 atom stereocenters. The van der Waals surface area contributed by atoms with Crippen LogP contribution in [0.2, 0.25) is 0 Å². The highest BCUT2D eigenvalue weighted by atomic mass is 16.6. The van der Waals surface area contributed by atoms with E-state index in [1.807, 2.05) is 62.5 Å². The molecule has 3 aromatic rings. The SMILES string of the molecule is Cc1c(N=Cc2ccc3c(c2)OCCOCCOCCOCCO3)c(=O)n(-c2ccccc2)n1C. The van der Waals surface area contributed by atoms with Crippen LogP contribution in [0.3, 0.4) is 0 Å². The van der Waals surface area contributed by atoms with Crippen LogP contribution in [0.4, 0.5) is 5.69 Å². The summed E-state index contributed by atoms with van der Waals surface area (Å²) < 4.78 is 31.7. The van der Waals surface area contributed by atoms with Gasteiger partial charge in [0, 0.05) is 13.3 Å². The third kappa shape index (κ3) is 6.39. The largest absolute Gasteiger partial charge is 0.487 e. The van der Waals surface area contributed by atoms with Gasteiger partial charge in [0.2, 0.25) is 0 Å². The molecule has 186 valence electrons. The second-order valence-corrected chi connectivity index (χ2v) is 7.91. The van der Waals surface area contributed by atoms with Crippen molar-refractivity contribution in [2.45, 2.75) is 6.92 Å². The van der Waals surface area contributed by atoms with Crippen LogP contribution in [0.1, 0.15) is 11.3 Å². The highest BCUT2D eigenvalue weighted by molar-refractivity contribution is 5.83. The van der Waals surface area contributed by atoms with Gasteiger partial charge in [-0.25, -0.2) is 9.67 Å². The summed E-state index contributed by atoms with van der Waals surface area (Å²) in [5.74, 6) is 1.19. The Bertz CT molecular complexity index is 1190. The van der Waals surface area contributed by atoms with Gasteiger partial charge < -0.3 is 23.7 Å². The summed E-state index contributed by atoms with van der Waals surface area (Å²) in [6.07, 6.45) is 1.66. The van der Waals surface area contributed by atoms with Crippen molar-refractivity contribution in [2.24, 2.45) is 12.0 Å². The van der Waals surface area contributed by atoms with E-state index in [1.54, 1.807) is 15.6 Å². The van der Waals surface area contributed by atoms with Gasteiger partial charge in [-0.2, -0.15) is 0 Å². The Balaban J connectivity index is 1.54. The van der Waals surface area contributed by atoms with E-state index >= 15 is 0 Å². The number of aromatic nitrogens is 2. The summed E-state index contributed by atoms with van der Waals surface area (Å²) in [5.41, 5.74) is 2.55. The first-order valence-electron chi connectivity index (χ1n) is 11.7. The highest BCUT2D eigenvalue weighted by Gasteiger charge is 2.15. The van der Waals surface area contributed by atoms with Crippen molar-refractivity contribution in [1.82, 2.24) is 9.36 Å². The van der Waals surface area contributed by atoms with E-state index in [1.165, 1.54) is 0 Å². The molecule has 9 nitrogen and oxygen atoms in total. The first-order valence-corrected chi connectivity index (χ1v) is 11.7. The molecule has 0 amide bonds. The van der Waals surface area contributed by atoms with Gasteiger partial charge in [0.05, 0.1) is 51.0 Å². The number of aliphatic imine (C=N–C) groups is 1. The maximum atomic E-state index is 13.1. The minimum absolute atomic E-state index is 0.178. The normalized spacial score (nSPS) is 16.1. The van der Waals surface area contributed by atoms with Crippen LogP contribution in [0.25, 0.3) is 5.69 Å². The molecule has 0 saturated heterocycles. The minimum Gasteiger partial charge on any atom is -0.487 e. The van der Waals surface area contributed by atoms with Crippen molar-refractivity contribution in [2.75, 3.05) is 52.9 Å². The number of para-hydroxylation sites is 1. The molecule has 0 radical (unpaired) electrons. The monoisotopic (exact) mass is 481 g/mol. The van der Waals surface area contributed by atoms with E-state index in [2.05, 4.69) is 4.99 Å². The second-order valence-electron chi connectivity index (χ2n) is 7.91. The molecule has 1 aliphatic rings. The number of benzene rings is 2. The lowest BCUT2D eigenvalue weighted by atomic mass is 10.2. The topological polar surface area (TPSA) is 85.4 Å². The van der Waals surface area contributed by atoms with E-state index < -0.39 is 0 Å². The predicted molar refractivity (Wildman–Crippen MR) is 133 cm³/mol. The van der Waals surface area contributed by atoms with E-state index in [4.69, 9.17) is 23.7 Å². The Hall–Kier alpha value is -3.40. The number of hydrogen-bond acceptors (Lipinski definition) is 7. The van der Waals surface area contributed by atoms with Gasteiger partial charge in [0.25, 0.3) is 5.56 Å². The van der Waals surface area contributed by atoms with Crippen molar-refractivity contribution in [3.8, 4) is 17.2 Å². The number of nitrogens with zero attached hydrogens (tertiary/aromatic N) is 3. The lowest BCUT2D eigenvalue weighted by Crippen LogP contribution is -2.19. The van der Waals surface area contributed by atoms with Crippen LogP contribution in [0, 0.1) is 6.92 Å².